The molecule has 0 bridgehead atoms. The Balaban J connectivity index is 1.82. The minimum atomic E-state index is 0.262. The van der Waals surface area contributed by atoms with Crippen molar-refractivity contribution in [2.45, 2.75) is 6.54 Å². The number of hydrogen-bond acceptors (Lipinski definition) is 4. The van der Waals surface area contributed by atoms with Gasteiger partial charge in [0, 0.05) is 18.9 Å². The first-order valence-electron chi connectivity index (χ1n) is 6.03. The number of anilines is 1. The second-order valence-electron chi connectivity index (χ2n) is 4.33. The number of pyridine rings is 1. The van der Waals surface area contributed by atoms with Gasteiger partial charge in [0.2, 0.25) is 0 Å². The summed E-state index contributed by atoms with van der Waals surface area (Å²) < 4.78 is 2.02. The molecule has 0 atom stereocenters. The number of aromatic nitrogens is 3. The van der Waals surface area contributed by atoms with Crippen molar-refractivity contribution < 1.29 is 5.11 Å². The lowest BCUT2D eigenvalue weighted by Gasteiger charge is -2.06. The van der Waals surface area contributed by atoms with E-state index >= 15 is 0 Å². The van der Waals surface area contributed by atoms with Crippen molar-refractivity contribution in [3.63, 3.8) is 0 Å². The molecule has 0 amide bonds. The van der Waals surface area contributed by atoms with Gasteiger partial charge in [0.1, 0.15) is 11.6 Å². The van der Waals surface area contributed by atoms with Crippen LogP contribution in [0.4, 0.5) is 5.69 Å². The molecule has 2 aromatic heterocycles. The third-order valence-corrected chi connectivity index (χ3v) is 3.07. The van der Waals surface area contributed by atoms with E-state index in [1.807, 2.05) is 35.9 Å². The Labute approximate surface area is 110 Å². The largest absolute Gasteiger partial charge is 0.508 e. The van der Waals surface area contributed by atoms with Crippen LogP contribution in [0.2, 0.25) is 0 Å². The Morgan fingerprint density at radius 1 is 1.21 bits per heavy atom. The molecule has 0 aliphatic carbocycles. The molecule has 0 aliphatic heterocycles. The topological polar surface area (TPSA) is 63.0 Å². The van der Waals surface area contributed by atoms with Crippen LogP contribution in [0.3, 0.4) is 0 Å². The molecule has 0 spiro atoms. The van der Waals surface area contributed by atoms with E-state index < -0.39 is 0 Å². The number of nitrogens with one attached hydrogen (secondary N) is 1. The zero-order chi connectivity index (χ0) is 13.2. The summed E-state index contributed by atoms with van der Waals surface area (Å²) in [6.45, 7) is 0.609. The van der Waals surface area contributed by atoms with Gasteiger partial charge in [-0.3, -0.25) is 0 Å². The molecule has 3 aromatic rings. The molecule has 0 saturated carbocycles. The van der Waals surface area contributed by atoms with E-state index in [0.29, 0.717) is 6.54 Å². The number of hydrogen-bond donors (Lipinski definition) is 2. The Morgan fingerprint density at radius 3 is 2.74 bits per heavy atom. The molecule has 0 saturated heterocycles. The van der Waals surface area contributed by atoms with Crippen molar-refractivity contribution in [3.05, 3.63) is 48.4 Å². The maximum Gasteiger partial charge on any atom is 0.177 e. The van der Waals surface area contributed by atoms with E-state index in [4.69, 9.17) is 0 Å². The number of imidazole rings is 1. The standard InChI is InChI=1S/C14H14N4O/c1-18-12-3-2-8-15-14(12)17-13(18)9-16-10-4-6-11(19)7-5-10/h2-8,16,19H,9H2,1H3. The summed E-state index contributed by atoms with van der Waals surface area (Å²) in [7, 11) is 1.98. The van der Waals surface area contributed by atoms with Crippen LogP contribution in [0.25, 0.3) is 11.2 Å². The lowest BCUT2D eigenvalue weighted by Crippen LogP contribution is -2.05. The Hall–Kier alpha value is -2.56. The van der Waals surface area contributed by atoms with Crippen molar-refractivity contribution in [2.75, 3.05) is 5.32 Å². The number of phenols is 1. The SMILES string of the molecule is Cn1c(CNc2ccc(O)cc2)nc2ncccc21. The van der Waals surface area contributed by atoms with E-state index in [-0.39, 0.29) is 5.75 Å². The molecule has 2 N–H and O–H groups in total. The van der Waals surface area contributed by atoms with E-state index in [1.54, 1.807) is 18.3 Å². The summed E-state index contributed by atoms with van der Waals surface area (Å²) in [6, 6.07) is 10.9. The number of aryl methyl sites for hydroxylation is 1. The van der Waals surface area contributed by atoms with Crippen LogP contribution in [0, 0.1) is 0 Å². The summed E-state index contributed by atoms with van der Waals surface area (Å²) in [5.41, 5.74) is 2.72. The first-order chi connectivity index (χ1) is 9.24. The summed E-state index contributed by atoms with van der Waals surface area (Å²) in [4.78, 5) is 8.72. The molecule has 1 aromatic carbocycles. The number of rotatable bonds is 3. The van der Waals surface area contributed by atoms with Gasteiger partial charge in [0.25, 0.3) is 0 Å². The third-order valence-electron chi connectivity index (χ3n) is 3.07. The minimum Gasteiger partial charge on any atom is -0.508 e. The molecular weight excluding hydrogens is 240 g/mol. The molecule has 0 unspecified atom stereocenters. The second-order valence-corrected chi connectivity index (χ2v) is 4.33. The second kappa shape index (κ2) is 4.61. The molecule has 0 aliphatic rings. The lowest BCUT2D eigenvalue weighted by atomic mass is 10.3. The van der Waals surface area contributed by atoms with E-state index in [0.717, 1.165) is 22.7 Å². The van der Waals surface area contributed by atoms with Crippen LogP contribution in [0.15, 0.2) is 42.6 Å². The predicted octanol–water partition coefficient (Wildman–Crippen LogP) is 2.29. The van der Waals surface area contributed by atoms with Gasteiger partial charge in [-0.1, -0.05) is 0 Å². The molecule has 2 heterocycles. The number of benzene rings is 1. The Bertz CT molecular complexity index is 703. The van der Waals surface area contributed by atoms with Crippen molar-refractivity contribution in [3.8, 4) is 5.75 Å². The number of phenolic OH excluding ortho intramolecular Hbond substituents is 1. The minimum absolute atomic E-state index is 0.262. The maximum atomic E-state index is 9.23. The normalized spacial score (nSPS) is 10.8. The smallest absolute Gasteiger partial charge is 0.177 e. The van der Waals surface area contributed by atoms with E-state index in [2.05, 4.69) is 15.3 Å². The summed E-state index contributed by atoms with van der Waals surface area (Å²) in [5.74, 6) is 1.18. The molecule has 19 heavy (non-hydrogen) atoms. The van der Waals surface area contributed by atoms with Gasteiger partial charge >= 0.3 is 0 Å². The van der Waals surface area contributed by atoms with Crippen LogP contribution in [-0.4, -0.2) is 19.6 Å². The van der Waals surface area contributed by atoms with Crippen molar-refractivity contribution in [1.29, 1.82) is 0 Å². The van der Waals surface area contributed by atoms with Crippen LogP contribution >= 0.6 is 0 Å². The van der Waals surface area contributed by atoms with Crippen LogP contribution in [0.5, 0.6) is 5.75 Å². The number of nitrogens with zero attached hydrogens (tertiary/aromatic N) is 3. The third kappa shape index (κ3) is 2.22. The molecule has 0 radical (unpaired) electrons. The van der Waals surface area contributed by atoms with Gasteiger partial charge in [0.15, 0.2) is 5.65 Å². The summed E-state index contributed by atoms with van der Waals surface area (Å²) in [5, 5.41) is 12.5. The van der Waals surface area contributed by atoms with E-state index in [1.165, 1.54) is 0 Å². The average molecular weight is 254 g/mol. The van der Waals surface area contributed by atoms with Crippen LogP contribution in [0.1, 0.15) is 5.82 Å². The zero-order valence-electron chi connectivity index (χ0n) is 10.5. The Morgan fingerprint density at radius 2 is 2.00 bits per heavy atom. The molecule has 96 valence electrons. The zero-order valence-corrected chi connectivity index (χ0v) is 10.5. The first kappa shape index (κ1) is 11.5. The maximum absolute atomic E-state index is 9.23. The average Bonchev–Trinajstić information content (AvgIpc) is 2.76. The van der Waals surface area contributed by atoms with Gasteiger partial charge in [0.05, 0.1) is 12.1 Å². The van der Waals surface area contributed by atoms with Crippen LogP contribution in [-0.2, 0) is 13.6 Å². The van der Waals surface area contributed by atoms with Gasteiger partial charge in [-0.15, -0.1) is 0 Å². The number of aromatic hydroxyl groups is 1. The number of fused-ring (bicyclic) bond motifs is 1. The monoisotopic (exact) mass is 254 g/mol. The fourth-order valence-electron chi connectivity index (χ4n) is 1.99. The fourth-order valence-corrected chi connectivity index (χ4v) is 1.99. The van der Waals surface area contributed by atoms with Crippen molar-refractivity contribution >= 4 is 16.9 Å². The highest BCUT2D eigenvalue weighted by Crippen LogP contribution is 2.16. The summed E-state index contributed by atoms with van der Waals surface area (Å²) in [6.07, 6.45) is 1.74. The predicted molar refractivity (Wildman–Crippen MR) is 73.9 cm³/mol. The Kier molecular flexibility index (Phi) is 2.79. The first-order valence-corrected chi connectivity index (χ1v) is 6.03. The highest BCUT2D eigenvalue weighted by molar-refractivity contribution is 5.71. The van der Waals surface area contributed by atoms with Gasteiger partial charge < -0.3 is 15.0 Å². The highest BCUT2D eigenvalue weighted by Gasteiger charge is 2.07. The van der Waals surface area contributed by atoms with Gasteiger partial charge in [-0.25, -0.2) is 9.97 Å². The highest BCUT2D eigenvalue weighted by atomic mass is 16.3. The van der Waals surface area contributed by atoms with Gasteiger partial charge in [-0.05, 0) is 36.4 Å². The van der Waals surface area contributed by atoms with Crippen LogP contribution < -0.4 is 5.32 Å². The fraction of sp³-hybridized carbons (Fsp3) is 0.143. The van der Waals surface area contributed by atoms with Gasteiger partial charge in [-0.2, -0.15) is 0 Å². The van der Waals surface area contributed by atoms with Crippen molar-refractivity contribution in [2.24, 2.45) is 7.05 Å². The van der Waals surface area contributed by atoms with E-state index in [9.17, 15) is 5.11 Å². The van der Waals surface area contributed by atoms with Crippen molar-refractivity contribution in [1.82, 2.24) is 14.5 Å². The lowest BCUT2D eigenvalue weighted by molar-refractivity contribution is 0.475. The molecular formula is C14H14N4O. The molecule has 5 nitrogen and oxygen atoms in total. The molecule has 0 fully saturated rings. The quantitative estimate of drug-likeness (QED) is 0.704. The molecule has 5 heteroatoms. The summed E-state index contributed by atoms with van der Waals surface area (Å²) >= 11 is 0. The molecule has 3 rings (SSSR count).